The molecule has 10 nitrogen and oxygen atoms in total. The molecule has 0 atom stereocenters. The number of rotatable bonds is 7. The van der Waals surface area contributed by atoms with Crippen LogP contribution in [0.3, 0.4) is 0 Å². The van der Waals surface area contributed by atoms with Gasteiger partial charge < -0.3 is 14.5 Å². The molecule has 0 spiro atoms. The highest BCUT2D eigenvalue weighted by Crippen LogP contribution is 2.27. The number of ether oxygens (including phenoxy) is 1. The molecule has 10 heteroatoms. The minimum absolute atomic E-state index is 0.434. The number of pyridine rings is 1. The number of methoxy groups -OCH3 is 1. The Labute approximate surface area is 209 Å². The lowest BCUT2D eigenvalue weighted by Crippen LogP contribution is -2.47. The van der Waals surface area contributed by atoms with Crippen LogP contribution in [0.5, 0.6) is 0 Å². The number of benzene rings is 1. The molecule has 0 saturated carbocycles. The summed E-state index contributed by atoms with van der Waals surface area (Å²) in [5.74, 6) is 1.60. The van der Waals surface area contributed by atoms with Gasteiger partial charge in [0.15, 0.2) is 5.82 Å². The fraction of sp³-hybridized carbons (Fsp3) is 0.308. The fourth-order valence-corrected chi connectivity index (χ4v) is 4.72. The van der Waals surface area contributed by atoms with Crippen LogP contribution in [-0.4, -0.2) is 67.4 Å². The van der Waals surface area contributed by atoms with Gasteiger partial charge in [-0.15, -0.1) is 5.10 Å². The molecule has 1 fully saturated rings. The molecular weight excluding hydrogens is 454 g/mol. The Morgan fingerprint density at radius 1 is 0.861 bits per heavy atom. The second-order valence-electron chi connectivity index (χ2n) is 9.06. The highest BCUT2D eigenvalue weighted by atomic mass is 16.5. The fourth-order valence-electron chi connectivity index (χ4n) is 4.72. The Hall–Kier alpha value is -4.18. The maximum Gasteiger partial charge on any atom is 0.245 e. The van der Waals surface area contributed by atoms with Crippen molar-refractivity contribution in [3.8, 4) is 11.1 Å². The quantitative estimate of drug-likeness (QED) is 0.352. The van der Waals surface area contributed by atoms with E-state index in [0.29, 0.717) is 13.2 Å². The van der Waals surface area contributed by atoms with Crippen LogP contribution in [-0.2, 0) is 24.9 Å². The van der Waals surface area contributed by atoms with Crippen LogP contribution < -0.4 is 9.80 Å². The molecule has 6 rings (SSSR count). The van der Waals surface area contributed by atoms with E-state index in [9.17, 15) is 0 Å². The van der Waals surface area contributed by atoms with E-state index < -0.39 is 0 Å². The molecule has 0 bridgehead atoms. The highest BCUT2D eigenvalue weighted by molar-refractivity contribution is 5.75. The monoisotopic (exact) mass is 483 g/mol. The van der Waals surface area contributed by atoms with Crippen molar-refractivity contribution in [1.82, 2.24) is 34.2 Å². The van der Waals surface area contributed by atoms with Crippen LogP contribution in [0.25, 0.3) is 16.6 Å². The first kappa shape index (κ1) is 22.3. The first-order chi connectivity index (χ1) is 17.7. The molecule has 5 heterocycles. The van der Waals surface area contributed by atoms with E-state index in [-0.39, 0.29) is 0 Å². The number of anilines is 2. The van der Waals surface area contributed by atoms with E-state index in [1.807, 2.05) is 57.7 Å². The summed E-state index contributed by atoms with van der Waals surface area (Å²) in [5, 5.41) is 13.7. The van der Waals surface area contributed by atoms with Crippen LogP contribution in [0.2, 0.25) is 0 Å². The molecule has 5 aromatic rings. The van der Waals surface area contributed by atoms with Gasteiger partial charge in [0.25, 0.3) is 0 Å². The number of piperazine rings is 1. The summed E-state index contributed by atoms with van der Waals surface area (Å²) in [6, 6.07) is 14.6. The molecule has 0 radical (unpaired) electrons. The van der Waals surface area contributed by atoms with Crippen LogP contribution in [0.15, 0.2) is 67.3 Å². The third-order valence-electron chi connectivity index (χ3n) is 6.62. The molecule has 1 aliphatic heterocycles. The number of hydrogen-bond donors (Lipinski definition) is 0. The van der Waals surface area contributed by atoms with Gasteiger partial charge in [0, 0.05) is 63.9 Å². The van der Waals surface area contributed by atoms with E-state index >= 15 is 0 Å². The van der Waals surface area contributed by atoms with Gasteiger partial charge in [0.05, 0.1) is 30.1 Å². The summed E-state index contributed by atoms with van der Waals surface area (Å²) in [5.41, 5.74) is 5.62. The van der Waals surface area contributed by atoms with Crippen molar-refractivity contribution in [3.63, 3.8) is 0 Å². The summed E-state index contributed by atoms with van der Waals surface area (Å²) in [6.07, 6.45) is 7.91. The Morgan fingerprint density at radius 2 is 1.67 bits per heavy atom. The van der Waals surface area contributed by atoms with Crippen LogP contribution >= 0.6 is 0 Å². The van der Waals surface area contributed by atoms with Crippen molar-refractivity contribution in [2.45, 2.75) is 13.2 Å². The summed E-state index contributed by atoms with van der Waals surface area (Å²) in [4.78, 5) is 9.45. The Kier molecular flexibility index (Phi) is 5.86. The molecular formula is C26H29N9O. The lowest BCUT2D eigenvalue weighted by Gasteiger charge is -2.35. The van der Waals surface area contributed by atoms with Crippen molar-refractivity contribution in [3.05, 3.63) is 78.6 Å². The topological polar surface area (TPSA) is 81.5 Å². The van der Waals surface area contributed by atoms with Crippen molar-refractivity contribution >= 4 is 17.2 Å². The molecule has 1 aliphatic rings. The van der Waals surface area contributed by atoms with Gasteiger partial charge >= 0.3 is 0 Å². The molecule has 36 heavy (non-hydrogen) atoms. The number of aromatic nitrogens is 7. The zero-order valence-electron chi connectivity index (χ0n) is 20.5. The largest absolute Gasteiger partial charge is 0.377 e. The first-order valence-electron chi connectivity index (χ1n) is 12.1. The SMILES string of the molecule is COCc1nc(N2CCN(c3cnn4cc(-c5cnn(C)c5)ccc34)CC2)nn1Cc1ccccc1. The van der Waals surface area contributed by atoms with Gasteiger partial charge in [-0.05, 0) is 11.6 Å². The molecule has 0 unspecified atom stereocenters. The van der Waals surface area contributed by atoms with Crippen molar-refractivity contribution in [2.24, 2.45) is 7.05 Å². The third kappa shape index (κ3) is 4.31. The predicted molar refractivity (Wildman–Crippen MR) is 138 cm³/mol. The minimum Gasteiger partial charge on any atom is -0.377 e. The Morgan fingerprint density at radius 3 is 2.42 bits per heavy atom. The van der Waals surface area contributed by atoms with Crippen LogP contribution in [0, 0.1) is 0 Å². The average Bonchev–Trinajstić information content (AvgIpc) is 3.63. The smallest absolute Gasteiger partial charge is 0.245 e. The lowest BCUT2D eigenvalue weighted by atomic mass is 10.1. The summed E-state index contributed by atoms with van der Waals surface area (Å²) in [7, 11) is 3.62. The zero-order valence-corrected chi connectivity index (χ0v) is 20.5. The first-order valence-corrected chi connectivity index (χ1v) is 12.1. The van der Waals surface area contributed by atoms with E-state index in [2.05, 4.69) is 50.5 Å². The summed E-state index contributed by atoms with van der Waals surface area (Å²) in [6.45, 7) is 4.54. The standard InChI is InChI=1S/C26H29N9O/c1-31-17-22(14-27-31)21-8-9-23-24(15-28-34(23)18-21)32-10-12-33(13-11-32)26-29-25(19-36-2)35(30-26)16-20-6-4-3-5-7-20/h3-9,14-15,17-18H,10-13,16,19H2,1-2H3. The van der Waals surface area contributed by atoms with E-state index in [0.717, 1.165) is 60.3 Å². The normalized spacial score (nSPS) is 14.2. The van der Waals surface area contributed by atoms with Gasteiger partial charge in [-0.1, -0.05) is 36.4 Å². The van der Waals surface area contributed by atoms with Crippen LogP contribution in [0.4, 0.5) is 11.6 Å². The summed E-state index contributed by atoms with van der Waals surface area (Å²) >= 11 is 0. The lowest BCUT2D eigenvalue weighted by molar-refractivity contribution is 0.173. The number of fused-ring (bicyclic) bond motifs is 1. The maximum absolute atomic E-state index is 5.39. The molecule has 0 aliphatic carbocycles. The Bertz CT molecular complexity index is 1460. The van der Waals surface area contributed by atoms with Crippen LogP contribution in [0.1, 0.15) is 11.4 Å². The molecule has 0 N–H and O–H groups in total. The second-order valence-corrected chi connectivity index (χ2v) is 9.06. The number of aryl methyl sites for hydroxylation is 1. The molecule has 0 amide bonds. The second kappa shape index (κ2) is 9.46. The maximum atomic E-state index is 5.39. The van der Waals surface area contributed by atoms with E-state index in [4.69, 9.17) is 14.8 Å². The van der Waals surface area contributed by atoms with Gasteiger partial charge in [-0.25, -0.2) is 9.20 Å². The van der Waals surface area contributed by atoms with Crippen molar-refractivity contribution < 1.29 is 4.74 Å². The minimum atomic E-state index is 0.434. The molecule has 184 valence electrons. The van der Waals surface area contributed by atoms with Crippen molar-refractivity contribution in [2.75, 3.05) is 43.1 Å². The Balaban J connectivity index is 1.17. The van der Waals surface area contributed by atoms with E-state index in [1.165, 1.54) is 5.56 Å². The summed E-state index contributed by atoms with van der Waals surface area (Å²) < 4.78 is 11.1. The van der Waals surface area contributed by atoms with Crippen molar-refractivity contribution in [1.29, 1.82) is 0 Å². The zero-order chi connectivity index (χ0) is 24.5. The molecule has 1 saturated heterocycles. The van der Waals surface area contributed by atoms with E-state index in [1.54, 1.807) is 7.11 Å². The highest BCUT2D eigenvalue weighted by Gasteiger charge is 2.24. The average molecular weight is 484 g/mol. The third-order valence-corrected chi connectivity index (χ3v) is 6.62. The predicted octanol–water partition coefficient (Wildman–Crippen LogP) is 2.85. The number of nitrogens with zero attached hydrogens (tertiary/aromatic N) is 9. The molecule has 4 aromatic heterocycles. The van der Waals surface area contributed by atoms with Gasteiger partial charge in [0.1, 0.15) is 6.61 Å². The number of hydrogen-bond acceptors (Lipinski definition) is 7. The molecule has 1 aromatic carbocycles. The van der Waals surface area contributed by atoms with Gasteiger partial charge in [-0.3, -0.25) is 4.68 Å². The van der Waals surface area contributed by atoms with Gasteiger partial charge in [0.2, 0.25) is 5.95 Å². The van der Waals surface area contributed by atoms with Gasteiger partial charge in [-0.2, -0.15) is 15.2 Å².